The molecule has 0 aliphatic heterocycles. The number of carboxylic acids is 1. The lowest BCUT2D eigenvalue weighted by atomic mass is 10.2. The second-order valence-corrected chi connectivity index (χ2v) is 4.71. The van der Waals surface area contributed by atoms with Gasteiger partial charge in [0.25, 0.3) is 0 Å². The number of hydrogen-bond acceptors (Lipinski definition) is 3. The van der Waals surface area contributed by atoms with E-state index in [-0.39, 0.29) is 11.8 Å². The van der Waals surface area contributed by atoms with E-state index in [2.05, 4.69) is 0 Å². The van der Waals surface area contributed by atoms with Crippen LogP contribution in [0.5, 0.6) is 5.75 Å². The van der Waals surface area contributed by atoms with Crippen molar-refractivity contribution >= 4 is 17.7 Å². The Morgan fingerprint density at radius 2 is 1.76 bits per heavy atom. The summed E-state index contributed by atoms with van der Waals surface area (Å²) in [4.78, 5) is 26.4. The molecule has 6 nitrogen and oxygen atoms in total. The van der Waals surface area contributed by atoms with Gasteiger partial charge < -0.3 is 15.1 Å². The van der Waals surface area contributed by atoms with Crippen LogP contribution in [0.4, 0.5) is 10.5 Å². The number of nitrogens with zero attached hydrogens (tertiary/aromatic N) is 2. The molecular formula is C15H22N2O4. The number of carboxylic acid groups (broad SMARTS) is 1. The van der Waals surface area contributed by atoms with E-state index in [0.29, 0.717) is 18.8 Å². The van der Waals surface area contributed by atoms with Crippen molar-refractivity contribution in [3.63, 3.8) is 0 Å². The van der Waals surface area contributed by atoms with Crippen molar-refractivity contribution in [1.82, 2.24) is 4.90 Å². The second kappa shape index (κ2) is 8.14. The molecule has 116 valence electrons. The zero-order chi connectivity index (χ0) is 15.8. The van der Waals surface area contributed by atoms with E-state index in [9.17, 15) is 14.7 Å². The third kappa shape index (κ3) is 4.98. The van der Waals surface area contributed by atoms with Crippen molar-refractivity contribution in [2.75, 3.05) is 24.5 Å². The molecule has 2 N–H and O–H groups in total. The number of hydrogen-bond donors (Lipinski definition) is 2. The van der Waals surface area contributed by atoms with Crippen molar-refractivity contribution in [3.05, 3.63) is 24.3 Å². The summed E-state index contributed by atoms with van der Waals surface area (Å²) in [7, 11) is 0. The predicted octanol–water partition coefficient (Wildman–Crippen LogP) is 2.53. The first kappa shape index (κ1) is 16.8. The van der Waals surface area contributed by atoms with Gasteiger partial charge in [-0.3, -0.25) is 9.69 Å². The summed E-state index contributed by atoms with van der Waals surface area (Å²) in [6, 6.07) is 5.59. The first-order chi connectivity index (χ1) is 9.99. The number of carbonyl (C=O) groups is 2. The maximum atomic E-state index is 12.5. The molecule has 0 heterocycles. The van der Waals surface area contributed by atoms with Crippen LogP contribution >= 0.6 is 0 Å². The molecule has 0 aromatic heterocycles. The minimum atomic E-state index is -1.08. The molecule has 0 atom stereocenters. The maximum Gasteiger partial charge on any atom is 0.325 e. The summed E-state index contributed by atoms with van der Waals surface area (Å²) < 4.78 is 0. The molecule has 0 spiro atoms. The van der Waals surface area contributed by atoms with Crippen LogP contribution in [0, 0.1) is 0 Å². The Labute approximate surface area is 124 Å². The highest BCUT2D eigenvalue weighted by molar-refractivity contribution is 5.96. The first-order valence-corrected chi connectivity index (χ1v) is 7.06. The lowest BCUT2D eigenvalue weighted by Gasteiger charge is -2.29. The number of anilines is 1. The molecule has 21 heavy (non-hydrogen) atoms. The fourth-order valence-electron chi connectivity index (χ4n) is 1.95. The molecule has 0 fully saturated rings. The van der Waals surface area contributed by atoms with Gasteiger partial charge in [-0.2, -0.15) is 0 Å². The average molecular weight is 294 g/mol. The highest BCUT2D eigenvalue weighted by Crippen LogP contribution is 2.20. The van der Waals surface area contributed by atoms with Gasteiger partial charge in [-0.1, -0.05) is 13.3 Å². The summed E-state index contributed by atoms with van der Waals surface area (Å²) in [5.41, 5.74) is 0.454. The summed E-state index contributed by atoms with van der Waals surface area (Å²) in [6.07, 6.45) is 1.83. The smallest absolute Gasteiger partial charge is 0.325 e. The number of unbranched alkanes of at least 4 members (excludes halogenated alkanes) is 1. The Balaban J connectivity index is 2.97. The molecule has 0 aliphatic rings. The van der Waals surface area contributed by atoms with E-state index >= 15 is 0 Å². The fraction of sp³-hybridized carbons (Fsp3) is 0.467. The SMILES string of the molecule is CCCCN(CC)C(=O)N(CC(=O)O)c1ccc(O)cc1. The molecule has 1 aromatic rings. The molecule has 1 rings (SSSR count). The van der Waals surface area contributed by atoms with Gasteiger partial charge in [0.2, 0.25) is 0 Å². The lowest BCUT2D eigenvalue weighted by Crippen LogP contribution is -2.46. The largest absolute Gasteiger partial charge is 0.508 e. The molecule has 0 saturated carbocycles. The van der Waals surface area contributed by atoms with Gasteiger partial charge in [0.05, 0.1) is 0 Å². The Kier molecular flexibility index (Phi) is 6.52. The Morgan fingerprint density at radius 3 is 2.24 bits per heavy atom. The monoisotopic (exact) mass is 294 g/mol. The first-order valence-electron chi connectivity index (χ1n) is 7.06. The molecule has 0 radical (unpaired) electrons. The van der Waals surface area contributed by atoms with Crippen LogP contribution in [-0.4, -0.2) is 46.7 Å². The van der Waals surface area contributed by atoms with E-state index in [1.54, 1.807) is 4.90 Å². The summed E-state index contributed by atoms with van der Waals surface area (Å²) in [6.45, 7) is 4.61. The van der Waals surface area contributed by atoms with Gasteiger partial charge in [0, 0.05) is 18.8 Å². The van der Waals surface area contributed by atoms with Gasteiger partial charge in [-0.15, -0.1) is 0 Å². The summed E-state index contributed by atoms with van der Waals surface area (Å²) in [5, 5.41) is 18.3. The van der Waals surface area contributed by atoms with E-state index in [4.69, 9.17) is 5.11 Å². The Bertz CT molecular complexity index is 473. The van der Waals surface area contributed by atoms with Crippen molar-refractivity contribution in [2.45, 2.75) is 26.7 Å². The lowest BCUT2D eigenvalue weighted by molar-refractivity contribution is -0.135. The predicted molar refractivity (Wildman–Crippen MR) is 80.6 cm³/mol. The third-order valence-corrected chi connectivity index (χ3v) is 3.12. The normalized spacial score (nSPS) is 10.2. The number of phenolic OH excluding ortho intramolecular Hbond substituents is 1. The van der Waals surface area contributed by atoms with E-state index < -0.39 is 12.5 Å². The Morgan fingerprint density at radius 1 is 1.14 bits per heavy atom. The number of carbonyl (C=O) groups excluding carboxylic acids is 1. The van der Waals surface area contributed by atoms with Gasteiger partial charge in [-0.25, -0.2) is 4.79 Å². The van der Waals surface area contributed by atoms with Gasteiger partial charge >= 0.3 is 12.0 Å². The van der Waals surface area contributed by atoms with Crippen LogP contribution in [-0.2, 0) is 4.79 Å². The zero-order valence-corrected chi connectivity index (χ0v) is 12.5. The molecule has 2 amide bonds. The number of benzene rings is 1. The van der Waals surface area contributed by atoms with Gasteiger partial charge in [0.15, 0.2) is 0 Å². The topological polar surface area (TPSA) is 81.1 Å². The van der Waals surface area contributed by atoms with Crippen LogP contribution in [0.1, 0.15) is 26.7 Å². The van der Waals surface area contributed by atoms with Gasteiger partial charge in [-0.05, 0) is 37.6 Å². The van der Waals surface area contributed by atoms with Crippen molar-refractivity contribution < 1.29 is 19.8 Å². The fourth-order valence-corrected chi connectivity index (χ4v) is 1.95. The summed E-state index contributed by atoms with van der Waals surface area (Å²) >= 11 is 0. The standard InChI is InChI=1S/C15H22N2O4/c1-3-5-10-16(4-2)15(21)17(11-14(19)20)12-6-8-13(18)9-7-12/h6-9,18H,3-5,10-11H2,1-2H3,(H,19,20). The third-order valence-electron chi connectivity index (χ3n) is 3.12. The Hall–Kier alpha value is -2.24. The number of amides is 2. The summed E-state index contributed by atoms with van der Waals surface area (Å²) in [5.74, 6) is -1.01. The van der Waals surface area contributed by atoms with Crippen molar-refractivity contribution in [1.29, 1.82) is 0 Å². The van der Waals surface area contributed by atoms with E-state index in [0.717, 1.165) is 12.8 Å². The molecule has 0 aliphatic carbocycles. The number of aliphatic carboxylic acids is 1. The van der Waals surface area contributed by atoms with E-state index in [1.165, 1.54) is 29.2 Å². The minimum absolute atomic E-state index is 0.0693. The van der Waals surface area contributed by atoms with Crippen LogP contribution in [0.25, 0.3) is 0 Å². The molecule has 1 aromatic carbocycles. The highest BCUT2D eigenvalue weighted by atomic mass is 16.4. The molecule has 0 bridgehead atoms. The quantitative estimate of drug-likeness (QED) is 0.809. The van der Waals surface area contributed by atoms with Crippen molar-refractivity contribution in [2.24, 2.45) is 0 Å². The van der Waals surface area contributed by atoms with Crippen LogP contribution < -0.4 is 4.90 Å². The number of phenols is 1. The molecule has 0 unspecified atom stereocenters. The molecule has 6 heteroatoms. The highest BCUT2D eigenvalue weighted by Gasteiger charge is 2.23. The number of urea groups is 1. The van der Waals surface area contributed by atoms with Crippen LogP contribution in [0.2, 0.25) is 0 Å². The second-order valence-electron chi connectivity index (χ2n) is 4.71. The van der Waals surface area contributed by atoms with Crippen LogP contribution in [0.15, 0.2) is 24.3 Å². The molecular weight excluding hydrogens is 272 g/mol. The zero-order valence-electron chi connectivity index (χ0n) is 12.5. The maximum absolute atomic E-state index is 12.5. The van der Waals surface area contributed by atoms with E-state index in [1.807, 2.05) is 13.8 Å². The molecule has 0 saturated heterocycles. The average Bonchev–Trinajstić information content (AvgIpc) is 2.46. The van der Waals surface area contributed by atoms with Crippen molar-refractivity contribution in [3.8, 4) is 5.75 Å². The minimum Gasteiger partial charge on any atom is -0.508 e. The van der Waals surface area contributed by atoms with Crippen LogP contribution in [0.3, 0.4) is 0 Å². The number of rotatable bonds is 7. The number of aromatic hydroxyl groups is 1. The van der Waals surface area contributed by atoms with Gasteiger partial charge in [0.1, 0.15) is 12.3 Å².